The Morgan fingerprint density at radius 2 is 1.90 bits per heavy atom. The number of urea groups is 1. The summed E-state index contributed by atoms with van der Waals surface area (Å²) in [5.41, 5.74) is 1.08. The number of benzene rings is 1. The van der Waals surface area contributed by atoms with Crippen LogP contribution in [0.25, 0.3) is 0 Å². The van der Waals surface area contributed by atoms with E-state index < -0.39 is 0 Å². The summed E-state index contributed by atoms with van der Waals surface area (Å²) >= 11 is 0. The number of carbonyl (C=O) groups excluding carboxylic acids is 1. The number of ether oxygens (including phenoxy) is 1. The molecule has 0 saturated carbocycles. The fourth-order valence-electron chi connectivity index (χ4n) is 1.95. The van der Waals surface area contributed by atoms with Crippen molar-refractivity contribution in [2.45, 2.75) is 6.54 Å². The summed E-state index contributed by atoms with van der Waals surface area (Å²) < 4.78 is 5.27. The normalized spacial score (nSPS) is 14.9. The lowest BCUT2D eigenvalue weighted by Gasteiger charge is -2.24. The number of hydrogen-bond acceptors (Lipinski definition) is 3. The number of morpholine rings is 1. The molecule has 5 heteroatoms. The Morgan fingerprint density at radius 1 is 1.14 bits per heavy atom. The van der Waals surface area contributed by atoms with E-state index in [-0.39, 0.29) is 6.03 Å². The van der Waals surface area contributed by atoms with Crippen LogP contribution in [0.4, 0.5) is 4.79 Å². The predicted octanol–water partition coefficient (Wildman–Crippen LogP) is 0.821. The van der Waals surface area contributed by atoms with Gasteiger partial charge in [-0.25, -0.2) is 4.79 Å². The third-order valence-electron chi connectivity index (χ3n) is 3.16. The summed E-state index contributed by atoms with van der Waals surface area (Å²) in [4.78, 5) is 13.8. The average Bonchev–Trinajstić information content (AvgIpc) is 2.54. The molecule has 1 aromatic rings. The first-order chi connectivity index (χ1) is 10.3. The largest absolute Gasteiger partial charge is 0.379 e. The number of amides is 2. The maximum Gasteiger partial charge on any atom is 0.315 e. The second-order valence-electron chi connectivity index (χ2n) is 4.76. The van der Waals surface area contributed by atoms with Gasteiger partial charge < -0.3 is 15.4 Å². The van der Waals surface area contributed by atoms with Gasteiger partial charge in [0.1, 0.15) is 0 Å². The molecule has 1 aliphatic rings. The van der Waals surface area contributed by atoms with Crippen molar-refractivity contribution in [3.05, 3.63) is 35.9 Å². The fraction of sp³-hybridized carbons (Fsp3) is 0.438. The van der Waals surface area contributed by atoms with Gasteiger partial charge in [-0.3, -0.25) is 4.90 Å². The fourth-order valence-corrected chi connectivity index (χ4v) is 1.95. The quantitative estimate of drug-likeness (QED) is 0.806. The third kappa shape index (κ3) is 6.30. The van der Waals surface area contributed by atoms with Crippen molar-refractivity contribution in [1.82, 2.24) is 15.5 Å². The van der Waals surface area contributed by atoms with Crippen LogP contribution in [0.2, 0.25) is 0 Å². The van der Waals surface area contributed by atoms with E-state index in [9.17, 15) is 4.79 Å². The van der Waals surface area contributed by atoms with Crippen molar-refractivity contribution in [1.29, 1.82) is 0 Å². The van der Waals surface area contributed by atoms with Crippen LogP contribution in [0.15, 0.2) is 30.3 Å². The van der Waals surface area contributed by atoms with Crippen molar-refractivity contribution >= 4 is 6.03 Å². The number of rotatable bonds is 4. The Morgan fingerprint density at radius 3 is 2.67 bits per heavy atom. The standard InChI is InChI=1S/C16H21N3O2/c20-16(18-14-15-6-2-1-3-7-15)17-8-4-5-9-19-10-12-21-13-11-19/h1-3,6-7H,8-14H2,(H2,17,18,20). The molecular formula is C16H21N3O2. The zero-order valence-corrected chi connectivity index (χ0v) is 12.1. The van der Waals surface area contributed by atoms with Gasteiger partial charge in [0.2, 0.25) is 0 Å². The number of carbonyl (C=O) groups is 1. The lowest BCUT2D eigenvalue weighted by molar-refractivity contribution is 0.0443. The van der Waals surface area contributed by atoms with Gasteiger partial charge in [-0.15, -0.1) is 0 Å². The molecule has 21 heavy (non-hydrogen) atoms. The molecular weight excluding hydrogens is 266 g/mol. The van der Waals surface area contributed by atoms with E-state index in [0.29, 0.717) is 13.1 Å². The van der Waals surface area contributed by atoms with Crippen LogP contribution in [0.1, 0.15) is 5.56 Å². The van der Waals surface area contributed by atoms with Crippen LogP contribution in [-0.2, 0) is 11.3 Å². The van der Waals surface area contributed by atoms with E-state index in [2.05, 4.69) is 27.4 Å². The van der Waals surface area contributed by atoms with Gasteiger partial charge in [0.05, 0.1) is 26.3 Å². The molecule has 2 amide bonds. The SMILES string of the molecule is O=C(NCC#CCN1CCOCC1)NCc1ccccc1. The number of nitrogens with one attached hydrogen (secondary N) is 2. The Labute approximate surface area is 125 Å². The second-order valence-corrected chi connectivity index (χ2v) is 4.76. The van der Waals surface area contributed by atoms with Crippen LogP contribution >= 0.6 is 0 Å². The lowest BCUT2D eigenvalue weighted by atomic mass is 10.2. The minimum absolute atomic E-state index is 0.195. The average molecular weight is 287 g/mol. The van der Waals surface area contributed by atoms with Crippen LogP contribution in [0.5, 0.6) is 0 Å². The van der Waals surface area contributed by atoms with E-state index in [4.69, 9.17) is 4.74 Å². The molecule has 1 aliphatic heterocycles. The van der Waals surface area contributed by atoms with E-state index >= 15 is 0 Å². The van der Waals surface area contributed by atoms with Gasteiger partial charge in [-0.2, -0.15) is 0 Å². The zero-order chi connectivity index (χ0) is 14.8. The highest BCUT2D eigenvalue weighted by atomic mass is 16.5. The first-order valence-electron chi connectivity index (χ1n) is 7.16. The van der Waals surface area contributed by atoms with Gasteiger partial charge in [-0.05, 0) is 5.56 Å². The van der Waals surface area contributed by atoms with Gasteiger partial charge in [0, 0.05) is 19.6 Å². The first kappa shape index (κ1) is 15.4. The van der Waals surface area contributed by atoms with Gasteiger partial charge in [0.15, 0.2) is 0 Å². The molecule has 5 nitrogen and oxygen atoms in total. The molecule has 0 atom stereocenters. The van der Waals surface area contributed by atoms with Crippen molar-refractivity contribution in [2.24, 2.45) is 0 Å². The van der Waals surface area contributed by atoms with E-state index in [1.54, 1.807) is 0 Å². The van der Waals surface area contributed by atoms with Crippen LogP contribution in [0.3, 0.4) is 0 Å². The Hall–Kier alpha value is -2.03. The summed E-state index contributed by atoms with van der Waals surface area (Å²) in [7, 11) is 0. The maximum absolute atomic E-state index is 11.6. The van der Waals surface area contributed by atoms with Crippen molar-refractivity contribution < 1.29 is 9.53 Å². The molecule has 0 aliphatic carbocycles. The molecule has 112 valence electrons. The maximum atomic E-state index is 11.6. The minimum atomic E-state index is -0.195. The smallest absolute Gasteiger partial charge is 0.315 e. The first-order valence-corrected chi connectivity index (χ1v) is 7.16. The molecule has 0 unspecified atom stereocenters. The van der Waals surface area contributed by atoms with Crippen molar-refractivity contribution in [3.63, 3.8) is 0 Å². The Kier molecular flexibility index (Phi) is 6.59. The Balaban J connectivity index is 1.56. The topological polar surface area (TPSA) is 53.6 Å². The van der Waals surface area contributed by atoms with Crippen molar-refractivity contribution in [2.75, 3.05) is 39.4 Å². The van der Waals surface area contributed by atoms with Crippen LogP contribution < -0.4 is 10.6 Å². The molecule has 1 saturated heterocycles. The Bertz CT molecular complexity index is 487. The molecule has 0 radical (unpaired) electrons. The molecule has 1 aromatic carbocycles. The number of nitrogens with zero attached hydrogens (tertiary/aromatic N) is 1. The van der Waals surface area contributed by atoms with E-state index in [1.165, 1.54) is 0 Å². The highest BCUT2D eigenvalue weighted by Gasteiger charge is 2.07. The van der Waals surface area contributed by atoms with E-state index in [0.717, 1.165) is 38.4 Å². The summed E-state index contributed by atoms with van der Waals surface area (Å²) in [5.74, 6) is 6.02. The van der Waals surface area contributed by atoms with Gasteiger partial charge in [0.25, 0.3) is 0 Å². The summed E-state index contributed by atoms with van der Waals surface area (Å²) in [6.07, 6.45) is 0. The highest BCUT2D eigenvalue weighted by molar-refractivity contribution is 5.74. The second kappa shape index (κ2) is 9.01. The third-order valence-corrected chi connectivity index (χ3v) is 3.16. The molecule has 0 bridgehead atoms. The molecule has 0 aromatic heterocycles. The van der Waals surface area contributed by atoms with Gasteiger partial charge in [-0.1, -0.05) is 42.2 Å². The predicted molar refractivity (Wildman–Crippen MR) is 81.7 cm³/mol. The van der Waals surface area contributed by atoms with Gasteiger partial charge >= 0.3 is 6.03 Å². The van der Waals surface area contributed by atoms with Crippen LogP contribution in [0, 0.1) is 11.8 Å². The molecule has 1 heterocycles. The van der Waals surface area contributed by atoms with Crippen molar-refractivity contribution in [3.8, 4) is 11.8 Å². The lowest BCUT2D eigenvalue weighted by Crippen LogP contribution is -2.36. The summed E-state index contributed by atoms with van der Waals surface area (Å²) in [6.45, 7) is 5.04. The number of hydrogen-bond donors (Lipinski definition) is 2. The highest BCUT2D eigenvalue weighted by Crippen LogP contribution is 1.96. The molecule has 2 N–H and O–H groups in total. The van der Waals surface area contributed by atoms with E-state index in [1.807, 2.05) is 30.3 Å². The molecule has 0 spiro atoms. The monoisotopic (exact) mass is 287 g/mol. The molecule has 1 fully saturated rings. The van der Waals surface area contributed by atoms with Crippen LogP contribution in [-0.4, -0.2) is 50.3 Å². The zero-order valence-electron chi connectivity index (χ0n) is 12.1. The summed E-state index contributed by atoms with van der Waals surface area (Å²) in [5, 5.41) is 5.52. The minimum Gasteiger partial charge on any atom is -0.379 e. The molecule has 2 rings (SSSR count). The summed E-state index contributed by atoms with van der Waals surface area (Å²) in [6, 6.07) is 9.61.